The summed E-state index contributed by atoms with van der Waals surface area (Å²) < 4.78 is 0. The number of nitrogens with zero attached hydrogens (tertiary/aromatic N) is 8. The van der Waals surface area contributed by atoms with E-state index in [0.29, 0.717) is 23.0 Å². The molecular weight excluding hydrogens is 448 g/mol. The van der Waals surface area contributed by atoms with E-state index in [2.05, 4.69) is 48.1 Å². The minimum atomic E-state index is 0.541. The number of aryl methyl sites for hydroxylation is 4. The maximum atomic E-state index is 4.83. The lowest BCUT2D eigenvalue weighted by Gasteiger charge is -2.09. The van der Waals surface area contributed by atoms with Gasteiger partial charge in [0.05, 0.1) is 34.2 Å². The molecule has 0 fully saturated rings. The predicted molar refractivity (Wildman–Crippen MR) is 141 cm³/mol. The fourth-order valence-electron chi connectivity index (χ4n) is 4.12. The Kier molecular flexibility index (Phi) is 8.71. The fraction of sp³-hybridized carbons (Fsp3) is 0.429. The van der Waals surface area contributed by atoms with Crippen LogP contribution in [0.1, 0.15) is 76.2 Å². The van der Waals surface area contributed by atoms with Gasteiger partial charge in [0, 0.05) is 0 Å². The molecule has 0 atom stereocenters. The molecule has 8 nitrogen and oxygen atoms in total. The van der Waals surface area contributed by atoms with Crippen molar-refractivity contribution in [2.45, 2.75) is 79.1 Å². The standard InChI is InChI=1S/C28H34N8/c1-5-11-19-23(13-7-3)33-35-27(31-19)25-17-9-15-21(29-25)22-16-10-18-26(30-22)28-32-20(12-6-2)24(14-8-4)34-36-28/h9-10,15-18H,5-8,11-14H2,1-4H3. The van der Waals surface area contributed by atoms with Crippen molar-refractivity contribution >= 4 is 0 Å². The van der Waals surface area contributed by atoms with Gasteiger partial charge in [0.2, 0.25) is 11.6 Å². The topological polar surface area (TPSA) is 103 Å². The Labute approximate surface area is 213 Å². The lowest BCUT2D eigenvalue weighted by atomic mass is 10.1. The number of aromatic nitrogens is 8. The van der Waals surface area contributed by atoms with Gasteiger partial charge in [0.15, 0.2) is 0 Å². The van der Waals surface area contributed by atoms with Gasteiger partial charge in [-0.05, 0) is 49.9 Å². The maximum Gasteiger partial charge on any atom is 0.200 e. The van der Waals surface area contributed by atoms with Crippen molar-refractivity contribution in [3.05, 3.63) is 59.2 Å². The molecule has 4 aromatic heterocycles. The summed E-state index contributed by atoms with van der Waals surface area (Å²) in [7, 11) is 0. The SMILES string of the molecule is CCCc1nnc(-c2cccc(-c3cccc(-c4nnc(CCC)c(CCC)n4)n3)n2)nc1CCC. The Morgan fingerprint density at radius 2 is 0.778 bits per heavy atom. The summed E-state index contributed by atoms with van der Waals surface area (Å²) in [5, 5.41) is 17.7. The third-order valence-electron chi connectivity index (χ3n) is 5.84. The van der Waals surface area contributed by atoms with Crippen molar-refractivity contribution in [2.75, 3.05) is 0 Å². The highest BCUT2D eigenvalue weighted by Crippen LogP contribution is 2.23. The van der Waals surface area contributed by atoms with Crippen LogP contribution in [0.5, 0.6) is 0 Å². The summed E-state index contributed by atoms with van der Waals surface area (Å²) >= 11 is 0. The number of pyridine rings is 2. The first-order chi connectivity index (χ1) is 17.7. The molecule has 0 aliphatic carbocycles. The molecule has 36 heavy (non-hydrogen) atoms. The van der Waals surface area contributed by atoms with Gasteiger partial charge in [0.25, 0.3) is 0 Å². The zero-order chi connectivity index (χ0) is 25.3. The lowest BCUT2D eigenvalue weighted by molar-refractivity contribution is 0.757. The summed E-state index contributed by atoms with van der Waals surface area (Å²) in [5.41, 5.74) is 6.81. The minimum absolute atomic E-state index is 0.541. The lowest BCUT2D eigenvalue weighted by Crippen LogP contribution is -2.07. The summed E-state index contributed by atoms with van der Waals surface area (Å²) in [6.07, 6.45) is 7.58. The molecule has 0 spiro atoms. The molecule has 0 N–H and O–H groups in total. The van der Waals surface area contributed by atoms with E-state index in [1.807, 2.05) is 36.4 Å². The Morgan fingerprint density at radius 3 is 1.17 bits per heavy atom. The molecule has 8 heteroatoms. The molecule has 4 aromatic rings. The minimum Gasteiger partial charge on any atom is -0.243 e. The molecule has 0 bridgehead atoms. The highest BCUT2D eigenvalue weighted by atomic mass is 15.2. The Hall–Kier alpha value is -3.68. The van der Waals surface area contributed by atoms with Crippen LogP contribution in [0.25, 0.3) is 34.4 Å². The van der Waals surface area contributed by atoms with Crippen molar-refractivity contribution in [3.8, 4) is 34.4 Å². The molecule has 4 rings (SSSR count). The van der Waals surface area contributed by atoms with Gasteiger partial charge in [-0.1, -0.05) is 65.5 Å². The van der Waals surface area contributed by atoms with Gasteiger partial charge >= 0.3 is 0 Å². The van der Waals surface area contributed by atoms with E-state index < -0.39 is 0 Å². The number of hydrogen-bond donors (Lipinski definition) is 0. The van der Waals surface area contributed by atoms with Crippen LogP contribution in [0.15, 0.2) is 36.4 Å². The highest BCUT2D eigenvalue weighted by molar-refractivity contribution is 5.62. The Bertz CT molecular complexity index is 1200. The van der Waals surface area contributed by atoms with Gasteiger partial charge in [0.1, 0.15) is 11.4 Å². The Balaban J connectivity index is 1.67. The first-order valence-corrected chi connectivity index (χ1v) is 13.1. The number of rotatable bonds is 11. The zero-order valence-corrected chi connectivity index (χ0v) is 21.7. The van der Waals surface area contributed by atoms with E-state index in [9.17, 15) is 0 Å². The Morgan fingerprint density at radius 1 is 0.417 bits per heavy atom. The molecule has 4 heterocycles. The van der Waals surface area contributed by atoms with Crippen LogP contribution in [-0.4, -0.2) is 40.3 Å². The molecule has 0 saturated heterocycles. The molecule has 0 saturated carbocycles. The fourth-order valence-corrected chi connectivity index (χ4v) is 4.12. The summed E-state index contributed by atoms with van der Waals surface area (Å²) in [6, 6.07) is 11.6. The largest absolute Gasteiger partial charge is 0.243 e. The smallest absolute Gasteiger partial charge is 0.200 e. The molecule has 186 valence electrons. The van der Waals surface area contributed by atoms with Gasteiger partial charge in [-0.25, -0.2) is 19.9 Å². The van der Waals surface area contributed by atoms with Crippen molar-refractivity contribution in [1.29, 1.82) is 0 Å². The van der Waals surface area contributed by atoms with Crippen molar-refractivity contribution in [1.82, 2.24) is 40.3 Å². The van der Waals surface area contributed by atoms with Crippen LogP contribution in [0.4, 0.5) is 0 Å². The first-order valence-electron chi connectivity index (χ1n) is 13.1. The average Bonchev–Trinajstić information content (AvgIpc) is 2.91. The molecule has 0 aliphatic heterocycles. The third-order valence-corrected chi connectivity index (χ3v) is 5.84. The predicted octanol–water partition coefficient (Wildman–Crippen LogP) is 5.66. The summed E-state index contributed by atoms with van der Waals surface area (Å²) in [5.74, 6) is 1.08. The highest BCUT2D eigenvalue weighted by Gasteiger charge is 2.14. The zero-order valence-electron chi connectivity index (χ0n) is 21.7. The van der Waals surface area contributed by atoms with Crippen molar-refractivity contribution in [3.63, 3.8) is 0 Å². The van der Waals surface area contributed by atoms with Gasteiger partial charge in [-0.3, -0.25) is 0 Å². The van der Waals surface area contributed by atoms with Crippen LogP contribution in [0, 0.1) is 0 Å². The van der Waals surface area contributed by atoms with E-state index in [4.69, 9.17) is 19.9 Å². The van der Waals surface area contributed by atoms with Gasteiger partial charge in [-0.2, -0.15) is 10.2 Å². The van der Waals surface area contributed by atoms with Crippen molar-refractivity contribution in [2.24, 2.45) is 0 Å². The molecule has 0 aliphatic rings. The average molecular weight is 483 g/mol. The van der Waals surface area contributed by atoms with Crippen LogP contribution in [0.3, 0.4) is 0 Å². The monoisotopic (exact) mass is 482 g/mol. The maximum absolute atomic E-state index is 4.83. The second-order valence-corrected chi connectivity index (χ2v) is 8.87. The first kappa shape index (κ1) is 25.4. The molecule has 0 aromatic carbocycles. The van der Waals surface area contributed by atoms with E-state index >= 15 is 0 Å². The van der Waals surface area contributed by atoms with E-state index in [-0.39, 0.29) is 0 Å². The van der Waals surface area contributed by atoms with E-state index in [1.165, 1.54) is 0 Å². The van der Waals surface area contributed by atoms with Crippen LogP contribution in [-0.2, 0) is 25.7 Å². The van der Waals surface area contributed by atoms with E-state index in [0.717, 1.165) is 85.5 Å². The molecule has 0 radical (unpaired) electrons. The molecule has 0 unspecified atom stereocenters. The third kappa shape index (κ3) is 5.93. The van der Waals surface area contributed by atoms with Crippen LogP contribution in [0.2, 0.25) is 0 Å². The van der Waals surface area contributed by atoms with Gasteiger partial charge < -0.3 is 0 Å². The van der Waals surface area contributed by atoms with E-state index in [1.54, 1.807) is 0 Å². The number of hydrogen-bond acceptors (Lipinski definition) is 8. The summed E-state index contributed by atoms with van der Waals surface area (Å²) in [4.78, 5) is 19.3. The molecular formula is C28H34N8. The van der Waals surface area contributed by atoms with Crippen LogP contribution >= 0.6 is 0 Å². The molecule has 0 amide bonds. The van der Waals surface area contributed by atoms with Gasteiger partial charge in [-0.15, -0.1) is 10.2 Å². The second-order valence-electron chi connectivity index (χ2n) is 8.87. The quantitative estimate of drug-likeness (QED) is 0.270. The summed E-state index contributed by atoms with van der Waals surface area (Å²) in [6.45, 7) is 8.58. The second kappa shape index (κ2) is 12.3. The normalized spacial score (nSPS) is 11.1. The van der Waals surface area contributed by atoms with Crippen LogP contribution < -0.4 is 0 Å². The van der Waals surface area contributed by atoms with Crippen molar-refractivity contribution < 1.29 is 0 Å².